The van der Waals surface area contributed by atoms with Crippen molar-refractivity contribution in [2.24, 2.45) is 0 Å². The molecule has 26 heavy (non-hydrogen) atoms. The topological polar surface area (TPSA) is 64.0 Å². The number of nitrogens with one attached hydrogen (secondary N) is 1. The number of amides is 1. The number of Topliss-reactive ketones (excluding diaryl/α,β-unsaturated/α-hetero) is 1. The molecule has 2 aromatic heterocycles. The van der Waals surface area contributed by atoms with Crippen LogP contribution in [0.15, 0.2) is 55.1 Å². The first kappa shape index (κ1) is 18.1. The Balaban J connectivity index is 1.42. The number of ketones is 1. The van der Waals surface area contributed by atoms with Crippen molar-refractivity contribution < 1.29 is 9.59 Å². The molecule has 0 fully saturated rings. The molecule has 3 aromatic rings. The van der Waals surface area contributed by atoms with Gasteiger partial charge < -0.3 is 9.88 Å². The molecule has 0 atom stereocenters. The quantitative estimate of drug-likeness (QED) is 0.619. The maximum Gasteiger partial charge on any atom is 0.220 e. The van der Waals surface area contributed by atoms with Gasteiger partial charge in [0.25, 0.3) is 0 Å². The van der Waals surface area contributed by atoms with Gasteiger partial charge >= 0.3 is 0 Å². The number of hydrogen-bond donors (Lipinski definition) is 1. The van der Waals surface area contributed by atoms with Crippen molar-refractivity contribution in [1.29, 1.82) is 0 Å². The standard InChI is InChI=1S/C20H21N3O2S/c1-15-2-8-19(26-15)18(24)7-9-20(25)22-12-16-3-5-17(6-4-16)13-23-11-10-21-14-23/h2-6,8,10-11,14H,7,9,12-13H2,1H3,(H,22,25). The first-order chi connectivity index (χ1) is 12.6. The SMILES string of the molecule is Cc1ccc(C(=O)CCC(=O)NCc2ccc(Cn3ccnc3)cc2)s1. The molecule has 6 heteroatoms. The summed E-state index contributed by atoms with van der Waals surface area (Å²) in [6.45, 7) is 3.21. The highest BCUT2D eigenvalue weighted by molar-refractivity contribution is 7.14. The second-order valence-electron chi connectivity index (χ2n) is 6.16. The molecular weight excluding hydrogens is 346 g/mol. The number of nitrogens with zero attached hydrogens (tertiary/aromatic N) is 2. The van der Waals surface area contributed by atoms with E-state index in [0.29, 0.717) is 6.54 Å². The molecule has 2 heterocycles. The van der Waals surface area contributed by atoms with Gasteiger partial charge in [0.2, 0.25) is 5.91 Å². The fourth-order valence-electron chi connectivity index (χ4n) is 2.58. The van der Waals surface area contributed by atoms with Gasteiger partial charge in [0.1, 0.15) is 0 Å². The molecule has 0 saturated carbocycles. The van der Waals surface area contributed by atoms with Crippen molar-refractivity contribution in [3.05, 3.63) is 76.0 Å². The number of carbonyl (C=O) groups is 2. The van der Waals surface area contributed by atoms with Crippen LogP contribution in [0, 0.1) is 6.92 Å². The first-order valence-corrected chi connectivity index (χ1v) is 9.32. The first-order valence-electron chi connectivity index (χ1n) is 8.50. The van der Waals surface area contributed by atoms with Crippen LogP contribution in [0.4, 0.5) is 0 Å². The summed E-state index contributed by atoms with van der Waals surface area (Å²) in [5.74, 6) is -0.0729. The molecule has 1 aromatic carbocycles. The van der Waals surface area contributed by atoms with Gasteiger partial charge in [-0.3, -0.25) is 9.59 Å². The molecule has 0 aliphatic rings. The van der Waals surface area contributed by atoms with E-state index in [-0.39, 0.29) is 24.5 Å². The second kappa shape index (κ2) is 8.58. The zero-order valence-corrected chi connectivity index (χ0v) is 15.5. The third-order valence-corrected chi connectivity index (χ3v) is 5.07. The molecule has 0 bridgehead atoms. The van der Waals surface area contributed by atoms with Gasteiger partial charge in [0.15, 0.2) is 5.78 Å². The Hall–Kier alpha value is -2.73. The number of rotatable bonds is 8. The highest BCUT2D eigenvalue weighted by Gasteiger charge is 2.11. The van der Waals surface area contributed by atoms with Gasteiger partial charge in [0, 0.05) is 43.2 Å². The number of thiophene rings is 1. The minimum Gasteiger partial charge on any atom is -0.352 e. The maximum atomic E-state index is 12.0. The lowest BCUT2D eigenvalue weighted by Crippen LogP contribution is -2.23. The lowest BCUT2D eigenvalue weighted by Gasteiger charge is -2.07. The van der Waals surface area contributed by atoms with Crippen LogP contribution >= 0.6 is 11.3 Å². The van der Waals surface area contributed by atoms with Crippen molar-refractivity contribution in [1.82, 2.24) is 14.9 Å². The largest absolute Gasteiger partial charge is 0.352 e. The minimum atomic E-state index is -0.103. The molecule has 3 rings (SSSR count). The molecule has 0 aliphatic carbocycles. The number of imidazole rings is 1. The Morgan fingerprint density at radius 1 is 1.08 bits per heavy atom. The maximum absolute atomic E-state index is 12.0. The molecule has 0 aliphatic heterocycles. The molecule has 1 amide bonds. The van der Waals surface area contributed by atoms with Crippen molar-refractivity contribution >= 4 is 23.0 Å². The highest BCUT2D eigenvalue weighted by atomic mass is 32.1. The van der Waals surface area contributed by atoms with Crippen LogP contribution in [-0.2, 0) is 17.9 Å². The number of aryl methyl sites for hydroxylation is 1. The van der Waals surface area contributed by atoms with Crippen molar-refractivity contribution in [3.63, 3.8) is 0 Å². The van der Waals surface area contributed by atoms with Crippen LogP contribution in [0.5, 0.6) is 0 Å². The summed E-state index contributed by atoms with van der Waals surface area (Å²) >= 11 is 1.47. The lowest BCUT2D eigenvalue weighted by atomic mass is 10.1. The van der Waals surface area contributed by atoms with Crippen LogP contribution in [0.2, 0.25) is 0 Å². The molecule has 0 radical (unpaired) electrons. The summed E-state index contributed by atoms with van der Waals surface area (Å²) in [4.78, 5) is 29.9. The fraction of sp³-hybridized carbons (Fsp3) is 0.250. The molecule has 0 saturated heterocycles. The number of carbonyl (C=O) groups excluding carboxylic acids is 2. The van der Waals surface area contributed by atoms with Crippen molar-refractivity contribution in [2.75, 3.05) is 0 Å². The van der Waals surface area contributed by atoms with E-state index >= 15 is 0 Å². The molecule has 0 spiro atoms. The Kier molecular flexibility index (Phi) is 5.96. The fourth-order valence-corrected chi connectivity index (χ4v) is 3.41. The van der Waals surface area contributed by atoms with Gasteiger partial charge in [-0.05, 0) is 30.2 Å². The van der Waals surface area contributed by atoms with E-state index in [1.807, 2.05) is 54.1 Å². The van der Waals surface area contributed by atoms with E-state index in [4.69, 9.17) is 0 Å². The number of aromatic nitrogens is 2. The average Bonchev–Trinajstić information content (AvgIpc) is 3.31. The van der Waals surface area contributed by atoms with Crippen LogP contribution in [-0.4, -0.2) is 21.2 Å². The molecule has 5 nitrogen and oxygen atoms in total. The van der Waals surface area contributed by atoms with Crippen LogP contribution < -0.4 is 5.32 Å². The van der Waals surface area contributed by atoms with Crippen LogP contribution in [0.3, 0.4) is 0 Å². The Morgan fingerprint density at radius 2 is 1.85 bits per heavy atom. The molecular formula is C20H21N3O2S. The predicted molar refractivity (Wildman–Crippen MR) is 102 cm³/mol. The van der Waals surface area contributed by atoms with Gasteiger partial charge in [-0.25, -0.2) is 4.98 Å². The Labute approximate surface area is 156 Å². The second-order valence-corrected chi connectivity index (χ2v) is 7.45. The summed E-state index contributed by atoms with van der Waals surface area (Å²) < 4.78 is 2.00. The van der Waals surface area contributed by atoms with Gasteiger partial charge in [0.05, 0.1) is 11.2 Å². The summed E-state index contributed by atoms with van der Waals surface area (Å²) in [5, 5.41) is 2.87. The van der Waals surface area contributed by atoms with E-state index in [1.165, 1.54) is 16.9 Å². The number of benzene rings is 1. The average molecular weight is 367 g/mol. The van der Waals surface area contributed by atoms with E-state index in [1.54, 1.807) is 12.5 Å². The molecule has 1 N–H and O–H groups in total. The summed E-state index contributed by atoms with van der Waals surface area (Å²) in [5.41, 5.74) is 2.21. The third-order valence-electron chi connectivity index (χ3n) is 4.03. The normalized spacial score (nSPS) is 10.7. The van der Waals surface area contributed by atoms with Crippen LogP contribution in [0.25, 0.3) is 0 Å². The Bertz CT molecular complexity index is 867. The smallest absolute Gasteiger partial charge is 0.220 e. The third kappa shape index (κ3) is 5.13. The summed E-state index contributed by atoms with van der Waals surface area (Å²) in [6.07, 6.45) is 5.93. The molecule has 134 valence electrons. The van der Waals surface area contributed by atoms with E-state index < -0.39 is 0 Å². The monoisotopic (exact) mass is 367 g/mol. The Morgan fingerprint density at radius 3 is 2.50 bits per heavy atom. The van der Waals surface area contributed by atoms with Gasteiger partial charge in [-0.15, -0.1) is 11.3 Å². The van der Waals surface area contributed by atoms with E-state index in [9.17, 15) is 9.59 Å². The predicted octanol–water partition coefficient (Wildman–Crippen LogP) is 3.58. The van der Waals surface area contributed by atoms with Crippen molar-refractivity contribution in [3.8, 4) is 0 Å². The zero-order chi connectivity index (χ0) is 18.4. The lowest BCUT2D eigenvalue weighted by molar-refractivity contribution is -0.121. The van der Waals surface area contributed by atoms with E-state index in [0.717, 1.165) is 21.9 Å². The summed E-state index contributed by atoms with van der Waals surface area (Å²) in [7, 11) is 0. The number of hydrogen-bond acceptors (Lipinski definition) is 4. The zero-order valence-electron chi connectivity index (χ0n) is 14.6. The minimum absolute atomic E-state index is 0.0297. The van der Waals surface area contributed by atoms with Gasteiger partial charge in [-0.2, -0.15) is 0 Å². The van der Waals surface area contributed by atoms with Crippen LogP contribution in [0.1, 0.15) is 38.5 Å². The summed E-state index contributed by atoms with van der Waals surface area (Å²) in [6, 6.07) is 11.9. The molecule has 0 unspecified atom stereocenters. The van der Waals surface area contributed by atoms with Crippen molar-refractivity contribution in [2.45, 2.75) is 32.9 Å². The van der Waals surface area contributed by atoms with Gasteiger partial charge in [-0.1, -0.05) is 24.3 Å². The highest BCUT2D eigenvalue weighted by Crippen LogP contribution is 2.17. The van der Waals surface area contributed by atoms with E-state index in [2.05, 4.69) is 10.3 Å².